The molecule has 0 spiro atoms. The Hall–Kier alpha value is -1.84. The molecular weight excluding hydrogens is 542 g/mol. The molecule has 0 bridgehead atoms. The van der Waals surface area contributed by atoms with Crippen LogP contribution in [0.25, 0.3) is 0 Å². The maximum Gasteiger partial charge on any atom is 0.338 e. The number of carbonyl (C=O) groups is 2. The van der Waals surface area contributed by atoms with Gasteiger partial charge in [-0.25, -0.2) is 18.4 Å². The summed E-state index contributed by atoms with van der Waals surface area (Å²) < 4.78 is 31.4. The summed E-state index contributed by atoms with van der Waals surface area (Å²) in [4.78, 5) is 21.8. The third kappa shape index (κ3) is 14.0. The second-order valence-corrected chi connectivity index (χ2v) is 9.94. The van der Waals surface area contributed by atoms with Gasteiger partial charge in [0.2, 0.25) is 0 Å². The summed E-state index contributed by atoms with van der Waals surface area (Å²) in [6.07, 6.45) is 0. The van der Waals surface area contributed by atoms with Crippen LogP contribution in [0, 0.1) is 11.6 Å². The summed E-state index contributed by atoms with van der Waals surface area (Å²) >= 11 is 5.92. The van der Waals surface area contributed by atoms with Crippen LogP contribution in [0.5, 0.6) is 0 Å². The van der Waals surface area contributed by atoms with Crippen molar-refractivity contribution < 1.29 is 33.3 Å². The molecule has 0 saturated carbocycles. The van der Waals surface area contributed by atoms with Gasteiger partial charge >= 0.3 is 11.9 Å². The van der Waals surface area contributed by atoms with Gasteiger partial charge in [0.25, 0.3) is 0 Å². The third-order valence-electron chi connectivity index (χ3n) is 2.72. The summed E-state index contributed by atoms with van der Waals surface area (Å²) in [5, 5.41) is 16.9. The molecule has 0 aliphatic rings. The minimum absolute atomic E-state index is 0.0503. The van der Waals surface area contributed by atoms with Gasteiger partial charge in [-0.1, -0.05) is 0 Å². The molecule has 0 fully saturated rings. The van der Waals surface area contributed by atoms with Crippen molar-refractivity contribution in [3.05, 3.63) is 68.1 Å². The van der Waals surface area contributed by atoms with Gasteiger partial charge in [0.1, 0.15) is 17.2 Å². The second-order valence-electron chi connectivity index (χ2n) is 8.24. The molecule has 0 atom stereocenters. The van der Waals surface area contributed by atoms with E-state index in [4.69, 9.17) is 14.9 Å². The fourth-order valence-corrected chi connectivity index (χ4v) is 2.08. The molecule has 0 aliphatic heterocycles. The zero-order valence-corrected chi connectivity index (χ0v) is 21.3. The fraction of sp³-hybridized carbons (Fsp3) is 0.364. The Kier molecular flexibility index (Phi) is 11.5. The molecule has 0 amide bonds. The van der Waals surface area contributed by atoms with Gasteiger partial charge in [0.15, 0.2) is 0 Å². The Labute approximate surface area is 197 Å². The number of aromatic carboxylic acids is 1. The first-order valence-corrected chi connectivity index (χ1v) is 10.6. The van der Waals surface area contributed by atoms with Crippen LogP contribution in [0.3, 0.4) is 0 Å². The molecule has 0 radical (unpaired) electrons. The monoisotopic (exact) mass is 566 g/mol. The van der Waals surface area contributed by atoms with Gasteiger partial charge in [0, 0.05) is 0 Å². The largest absolute Gasteiger partial charge is 0.478 e. The molecular formula is C22H26Br2F2O5. The Balaban J connectivity index is 0.000000492. The van der Waals surface area contributed by atoms with Gasteiger partial charge in [0.05, 0.1) is 25.7 Å². The number of benzene rings is 2. The lowest BCUT2D eigenvalue weighted by atomic mass is 10.1. The van der Waals surface area contributed by atoms with Crippen LogP contribution in [0.4, 0.5) is 8.78 Å². The van der Waals surface area contributed by atoms with Gasteiger partial charge in [-0.2, -0.15) is 0 Å². The summed E-state index contributed by atoms with van der Waals surface area (Å²) in [7, 11) is 0. The molecule has 2 aromatic carbocycles. The number of hydrogen-bond donors (Lipinski definition) is 2. The molecule has 2 N–H and O–H groups in total. The molecule has 2 rings (SSSR count). The Morgan fingerprint density at radius 3 is 1.52 bits per heavy atom. The number of halogens is 4. The second kappa shape index (κ2) is 12.3. The van der Waals surface area contributed by atoms with E-state index in [2.05, 4.69) is 31.9 Å². The lowest BCUT2D eigenvalue weighted by molar-refractivity contribution is 0.00686. The van der Waals surface area contributed by atoms with Crippen LogP contribution in [0.1, 0.15) is 62.3 Å². The predicted octanol–water partition coefficient (Wildman–Crippen LogP) is 6.61. The summed E-state index contributed by atoms with van der Waals surface area (Å²) in [6.45, 7) is 10.5. The molecule has 0 unspecified atom stereocenters. The first kappa shape index (κ1) is 29.2. The number of rotatable bonds is 2. The maximum absolute atomic E-state index is 13.1. The number of carboxylic acid groups (broad SMARTS) is 1. The van der Waals surface area contributed by atoms with Gasteiger partial charge in [-0.3, -0.25) is 0 Å². The summed E-state index contributed by atoms with van der Waals surface area (Å²) in [5.74, 6) is -2.69. The maximum atomic E-state index is 13.1. The van der Waals surface area contributed by atoms with E-state index in [1.807, 2.05) is 0 Å². The summed E-state index contributed by atoms with van der Waals surface area (Å²) in [6, 6.07) is 7.80. The SMILES string of the molecule is CC(C)(C)O.CC(C)(C)OC(=O)c1ccc(Br)c(F)c1.O=C(O)c1ccc(Br)c(F)c1. The number of hydrogen-bond acceptors (Lipinski definition) is 4. The lowest BCUT2D eigenvalue weighted by Gasteiger charge is -2.19. The van der Waals surface area contributed by atoms with Crippen molar-refractivity contribution in [1.82, 2.24) is 0 Å². The van der Waals surface area contributed by atoms with Crippen LogP contribution in [0.2, 0.25) is 0 Å². The van der Waals surface area contributed by atoms with Crippen molar-refractivity contribution in [2.24, 2.45) is 0 Å². The molecule has 31 heavy (non-hydrogen) atoms. The molecule has 9 heteroatoms. The van der Waals surface area contributed by atoms with Gasteiger partial charge in [-0.05, 0) is 110 Å². The molecule has 172 valence electrons. The third-order valence-corrected chi connectivity index (χ3v) is 4.01. The summed E-state index contributed by atoms with van der Waals surface area (Å²) in [5.41, 5.74) is -0.906. The van der Waals surface area contributed by atoms with Crippen LogP contribution in [-0.2, 0) is 4.74 Å². The number of carbonyl (C=O) groups excluding carboxylic acids is 1. The van der Waals surface area contributed by atoms with E-state index >= 15 is 0 Å². The number of ether oxygens (including phenoxy) is 1. The molecule has 0 aliphatic carbocycles. The first-order valence-electron chi connectivity index (χ1n) is 9.00. The molecule has 0 heterocycles. The highest BCUT2D eigenvalue weighted by atomic mass is 79.9. The Bertz CT molecular complexity index is 898. The first-order chi connectivity index (χ1) is 13.9. The number of aliphatic hydroxyl groups is 1. The Morgan fingerprint density at radius 2 is 1.19 bits per heavy atom. The minimum Gasteiger partial charge on any atom is -0.478 e. The van der Waals surface area contributed by atoms with Gasteiger partial charge < -0.3 is 14.9 Å². The smallest absolute Gasteiger partial charge is 0.338 e. The number of carboxylic acids is 1. The van der Waals surface area contributed by atoms with Crippen molar-refractivity contribution in [2.45, 2.75) is 52.7 Å². The van der Waals surface area contributed by atoms with E-state index in [0.717, 1.165) is 12.1 Å². The van der Waals surface area contributed by atoms with Crippen molar-refractivity contribution >= 4 is 43.8 Å². The zero-order chi connectivity index (χ0) is 24.6. The van der Waals surface area contributed by atoms with E-state index < -0.39 is 34.8 Å². The fourth-order valence-electron chi connectivity index (χ4n) is 1.59. The highest BCUT2D eigenvalue weighted by Gasteiger charge is 2.18. The number of esters is 1. The van der Waals surface area contributed by atoms with Crippen molar-refractivity contribution in [2.75, 3.05) is 0 Å². The van der Waals surface area contributed by atoms with E-state index in [9.17, 15) is 18.4 Å². The average Bonchev–Trinajstić information content (AvgIpc) is 2.57. The lowest BCUT2D eigenvalue weighted by Crippen LogP contribution is -2.23. The predicted molar refractivity (Wildman–Crippen MR) is 122 cm³/mol. The van der Waals surface area contributed by atoms with Crippen molar-refractivity contribution in [3.63, 3.8) is 0 Å². The van der Waals surface area contributed by atoms with E-state index in [1.165, 1.54) is 24.3 Å². The normalized spacial score (nSPS) is 10.8. The van der Waals surface area contributed by atoms with Crippen molar-refractivity contribution in [1.29, 1.82) is 0 Å². The highest BCUT2D eigenvalue weighted by Crippen LogP contribution is 2.19. The van der Waals surface area contributed by atoms with E-state index in [1.54, 1.807) is 41.5 Å². The molecule has 2 aromatic rings. The Morgan fingerprint density at radius 1 is 0.839 bits per heavy atom. The van der Waals surface area contributed by atoms with Gasteiger partial charge in [-0.15, -0.1) is 0 Å². The van der Waals surface area contributed by atoms with Crippen LogP contribution in [0.15, 0.2) is 45.3 Å². The quantitative estimate of drug-likeness (QED) is 0.399. The van der Waals surface area contributed by atoms with E-state index in [-0.39, 0.29) is 15.6 Å². The zero-order valence-electron chi connectivity index (χ0n) is 18.1. The minimum atomic E-state index is -1.13. The highest BCUT2D eigenvalue weighted by molar-refractivity contribution is 9.10. The van der Waals surface area contributed by atoms with Crippen molar-refractivity contribution in [3.8, 4) is 0 Å². The topological polar surface area (TPSA) is 83.8 Å². The van der Waals surface area contributed by atoms with Crippen LogP contribution in [-0.4, -0.2) is 33.4 Å². The standard InChI is InChI=1S/C11H12BrFO2.C7H4BrFO2.C4H10O/c1-11(2,3)15-10(14)7-4-5-8(12)9(13)6-7;8-5-2-1-4(7(10)11)3-6(5)9;1-4(2,3)5/h4-6H,1-3H3;1-3H,(H,10,11);5H,1-3H3. The van der Waals surface area contributed by atoms with E-state index in [0.29, 0.717) is 4.47 Å². The molecule has 0 aromatic heterocycles. The molecule has 5 nitrogen and oxygen atoms in total. The molecule has 0 saturated heterocycles. The van der Waals surface area contributed by atoms with Crippen LogP contribution < -0.4 is 0 Å². The van der Waals surface area contributed by atoms with Crippen LogP contribution >= 0.6 is 31.9 Å². The average molecular weight is 568 g/mol.